The van der Waals surface area contributed by atoms with Crippen molar-refractivity contribution in [3.8, 4) is 5.75 Å². The molecule has 0 spiro atoms. The minimum absolute atomic E-state index is 0.115. The van der Waals surface area contributed by atoms with E-state index in [1.807, 2.05) is 24.3 Å². The Hall–Kier alpha value is -3.11. The molecule has 0 fully saturated rings. The number of hydrogen-bond acceptors (Lipinski definition) is 5. The highest BCUT2D eigenvalue weighted by molar-refractivity contribution is 7.17. The molecule has 10 heteroatoms. The lowest BCUT2D eigenvalue weighted by Gasteiger charge is -2.12. The van der Waals surface area contributed by atoms with Crippen LogP contribution in [0.2, 0.25) is 0 Å². The average molecular weight is 424 g/mol. The molecule has 1 heterocycles. The minimum Gasteiger partial charge on any atom is -0.406 e. The number of fused-ring (bicyclic) bond motifs is 1. The van der Waals surface area contributed by atoms with Gasteiger partial charge in [0.25, 0.3) is 0 Å². The summed E-state index contributed by atoms with van der Waals surface area (Å²) in [4.78, 5) is 23.9. The van der Waals surface area contributed by atoms with Crippen LogP contribution in [0.3, 0.4) is 0 Å². The van der Waals surface area contributed by atoms with E-state index in [2.05, 4.69) is 15.4 Å². The number of aliphatic hydroxyl groups excluding tert-OH is 1. The number of halogens is 3. The van der Waals surface area contributed by atoms with Crippen LogP contribution in [0.5, 0.6) is 5.75 Å². The van der Waals surface area contributed by atoms with E-state index in [4.69, 9.17) is 0 Å². The fraction of sp³-hybridized carbons (Fsp3) is 0.158. The number of thiophene rings is 1. The molecule has 3 N–H and O–H groups in total. The molecule has 2 amide bonds. The maximum absolute atomic E-state index is 12.1. The zero-order chi connectivity index (χ0) is 21.0. The molecule has 0 saturated heterocycles. The molecule has 3 rings (SSSR count). The molecule has 0 aliphatic carbocycles. The Bertz CT molecular complexity index is 1020. The first-order chi connectivity index (χ1) is 13.7. The molecule has 152 valence electrons. The first kappa shape index (κ1) is 20.6. The topological polar surface area (TPSA) is 87.7 Å². The summed E-state index contributed by atoms with van der Waals surface area (Å²) in [7, 11) is 0. The molecule has 1 atom stereocenters. The molecular formula is C19H15F3N2O4S. The fourth-order valence-electron chi connectivity index (χ4n) is 2.56. The van der Waals surface area contributed by atoms with Crippen molar-refractivity contribution in [3.63, 3.8) is 0 Å². The lowest BCUT2D eigenvalue weighted by Crippen LogP contribution is -2.37. The summed E-state index contributed by atoms with van der Waals surface area (Å²) in [5.74, 6) is -2.46. The van der Waals surface area contributed by atoms with Crippen molar-refractivity contribution in [2.24, 2.45) is 0 Å². The standard InChI is InChI=1S/C19H15F3N2O4S/c20-19(21,22)28-12-7-5-11(6-8-12)24-18(27)17(26)23-9-15(25)14-10-29-16-4-2-1-3-13(14)16/h1-8,10,15,25H,9H2,(H,23,26)(H,24,27)/t15-/m0/s1. The summed E-state index contributed by atoms with van der Waals surface area (Å²) in [6.45, 7) is -0.175. The molecule has 29 heavy (non-hydrogen) atoms. The third-order valence-electron chi connectivity index (χ3n) is 3.88. The Morgan fingerprint density at radius 3 is 2.45 bits per heavy atom. The van der Waals surface area contributed by atoms with Gasteiger partial charge in [0.2, 0.25) is 0 Å². The summed E-state index contributed by atoms with van der Waals surface area (Å²) in [6.07, 6.45) is -5.82. The van der Waals surface area contributed by atoms with Crippen molar-refractivity contribution < 1.29 is 32.6 Å². The van der Waals surface area contributed by atoms with Crippen LogP contribution in [0, 0.1) is 0 Å². The number of carbonyl (C=O) groups is 2. The van der Waals surface area contributed by atoms with Crippen molar-refractivity contribution in [2.45, 2.75) is 12.5 Å². The maximum atomic E-state index is 12.1. The van der Waals surface area contributed by atoms with Crippen LogP contribution in [-0.2, 0) is 9.59 Å². The molecule has 0 saturated carbocycles. The fourth-order valence-corrected chi connectivity index (χ4v) is 3.57. The van der Waals surface area contributed by atoms with Crippen molar-refractivity contribution in [1.29, 1.82) is 0 Å². The number of aliphatic hydroxyl groups is 1. The predicted octanol–water partition coefficient (Wildman–Crippen LogP) is 3.59. The van der Waals surface area contributed by atoms with E-state index in [9.17, 15) is 27.9 Å². The number of rotatable bonds is 5. The normalized spacial score (nSPS) is 12.4. The molecule has 0 radical (unpaired) electrons. The van der Waals surface area contributed by atoms with Gasteiger partial charge in [0.15, 0.2) is 0 Å². The van der Waals surface area contributed by atoms with Crippen LogP contribution >= 0.6 is 11.3 Å². The van der Waals surface area contributed by atoms with Gasteiger partial charge in [-0.05, 0) is 41.1 Å². The number of hydrogen-bond donors (Lipinski definition) is 3. The number of benzene rings is 2. The molecule has 2 aromatic carbocycles. The number of ether oxygens (including phenoxy) is 1. The highest BCUT2D eigenvalue weighted by atomic mass is 32.1. The van der Waals surface area contributed by atoms with Crippen LogP contribution in [-0.4, -0.2) is 29.8 Å². The number of carbonyl (C=O) groups excluding carboxylic acids is 2. The van der Waals surface area contributed by atoms with Crippen LogP contribution < -0.4 is 15.4 Å². The number of amides is 2. The molecule has 1 aromatic heterocycles. The smallest absolute Gasteiger partial charge is 0.406 e. The van der Waals surface area contributed by atoms with Gasteiger partial charge in [0, 0.05) is 22.5 Å². The van der Waals surface area contributed by atoms with Crippen molar-refractivity contribution in [3.05, 3.63) is 59.5 Å². The average Bonchev–Trinajstić information content (AvgIpc) is 3.10. The third-order valence-corrected chi connectivity index (χ3v) is 4.86. The SMILES string of the molecule is O=C(NC[C@H](O)c1csc2ccccc12)C(=O)Nc1ccc(OC(F)(F)F)cc1. The number of anilines is 1. The Labute approximate surface area is 166 Å². The van der Waals surface area contributed by atoms with E-state index < -0.39 is 30.0 Å². The van der Waals surface area contributed by atoms with Crippen LogP contribution in [0.1, 0.15) is 11.7 Å². The second-order valence-electron chi connectivity index (χ2n) is 5.94. The summed E-state index contributed by atoms with van der Waals surface area (Å²) in [5, 5.41) is 17.5. The second kappa shape index (κ2) is 8.50. The van der Waals surface area contributed by atoms with E-state index in [0.717, 1.165) is 22.2 Å². The lowest BCUT2D eigenvalue weighted by molar-refractivity contribution is -0.274. The maximum Gasteiger partial charge on any atom is 0.573 e. The van der Waals surface area contributed by atoms with Crippen molar-refractivity contribution in [1.82, 2.24) is 5.32 Å². The highest BCUT2D eigenvalue weighted by Gasteiger charge is 2.31. The van der Waals surface area contributed by atoms with Gasteiger partial charge in [0.05, 0.1) is 6.10 Å². The van der Waals surface area contributed by atoms with Gasteiger partial charge >= 0.3 is 18.2 Å². The number of alkyl halides is 3. The zero-order valence-electron chi connectivity index (χ0n) is 14.7. The molecule has 6 nitrogen and oxygen atoms in total. The van der Waals surface area contributed by atoms with Crippen LogP contribution in [0.25, 0.3) is 10.1 Å². The van der Waals surface area contributed by atoms with E-state index in [0.29, 0.717) is 5.56 Å². The summed E-state index contributed by atoms with van der Waals surface area (Å²) >= 11 is 1.46. The Balaban J connectivity index is 1.53. The lowest BCUT2D eigenvalue weighted by atomic mass is 10.1. The van der Waals surface area contributed by atoms with Gasteiger partial charge in [-0.1, -0.05) is 18.2 Å². The van der Waals surface area contributed by atoms with Gasteiger partial charge in [0.1, 0.15) is 5.75 Å². The summed E-state index contributed by atoms with van der Waals surface area (Å²) < 4.78 is 41.1. The highest BCUT2D eigenvalue weighted by Crippen LogP contribution is 2.30. The Morgan fingerprint density at radius 1 is 1.07 bits per heavy atom. The molecule has 3 aromatic rings. The molecular weight excluding hydrogens is 409 g/mol. The first-order valence-corrected chi connectivity index (χ1v) is 9.20. The number of nitrogens with one attached hydrogen (secondary N) is 2. The van der Waals surface area contributed by atoms with E-state index >= 15 is 0 Å². The van der Waals surface area contributed by atoms with Crippen molar-refractivity contribution >= 4 is 38.9 Å². The minimum atomic E-state index is -4.82. The summed E-state index contributed by atoms with van der Waals surface area (Å²) in [6, 6.07) is 11.8. The van der Waals surface area contributed by atoms with Gasteiger partial charge in [-0.3, -0.25) is 9.59 Å². The molecule has 0 unspecified atom stereocenters. The monoisotopic (exact) mass is 424 g/mol. The van der Waals surface area contributed by atoms with Gasteiger partial charge < -0.3 is 20.5 Å². The summed E-state index contributed by atoms with van der Waals surface area (Å²) in [5.41, 5.74) is 0.760. The van der Waals surface area contributed by atoms with E-state index in [1.54, 1.807) is 5.38 Å². The molecule has 0 aliphatic heterocycles. The predicted molar refractivity (Wildman–Crippen MR) is 102 cm³/mol. The first-order valence-electron chi connectivity index (χ1n) is 8.32. The Kier molecular flexibility index (Phi) is 6.04. The van der Waals surface area contributed by atoms with E-state index in [1.165, 1.54) is 23.5 Å². The third kappa shape index (κ3) is 5.46. The molecule has 0 aliphatic rings. The van der Waals surface area contributed by atoms with Gasteiger partial charge in [-0.25, -0.2) is 0 Å². The van der Waals surface area contributed by atoms with Crippen molar-refractivity contribution in [2.75, 3.05) is 11.9 Å². The molecule has 0 bridgehead atoms. The van der Waals surface area contributed by atoms with Crippen LogP contribution in [0.15, 0.2) is 53.9 Å². The quantitative estimate of drug-likeness (QED) is 0.547. The second-order valence-corrected chi connectivity index (χ2v) is 6.85. The largest absolute Gasteiger partial charge is 0.573 e. The van der Waals surface area contributed by atoms with Gasteiger partial charge in [-0.15, -0.1) is 24.5 Å². The van der Waals surface area contributed by atoms with E-state index in [-0.39, 0.29) is 12.2 Å². The Morgan fingerprint density at radius 2 is 1.76 bits per heavy atom. The van der Waals surface area contributed by atoms with Gasteiger partial charge in [-0.2, -0.15) is 0 Å². The van der Waals surface area contributed by atoms with Crippen LogP contribution in [0.4, 0.5) is 18.9 Å². The zero-order valence-corrected chi connectivity index (χ0v) is 15.5.